The van der Waals surface area contributed by atoms with Crippen molar-refractivity contribution in [1.29, 1.82) is 0 Å². The molecule has 0 aromatic heterocycles. The summed E-state index contributed by atoms with van der Waals surface area (Å²) in [6.07, 6.45) is 9.69. The first-order chi connectivity index (χ1) is 23.7. The lowest BCUT2D eigenvalue weighted by molar-refractivity contribution is -0.151. The number of ketones is 1. The van der Waals surface area contributed by atoms with E-state index in [9.17, 15) is 9.59 Å². The van der Waals surface area contributed by atoms with E-state index in [1.807, 2.05) is 79.7 Å². The highest BCUT2D eigenvalue weighted by atomic mass is 16.5. The van der Waals surface area contributed by atoms with E-state index in [4.69, 9.17) is 14.2 Å². The van der Waals surface area contributed by atoms with Crippen LogP contribution in [0, 0.1) is 17.8 Å². The third kappa shape index (κ3) is 11.1. The van der Waals surface area contributed by atoms with Crippen LogP contribution in [0.15, 0.2) is 79.4 Å². The number of carbonyl (C=O) groups excluding carboxylic acids is 2. The Kier molecular flexibility index (Phi) is 13.5. The van der Waals surface area contributed by atoms with E-state index >= 15 is 0 Å². The van der Waals surface area contributed by atoms with Gasteiger partial charge in [-0.25, -0.2) is 0 Å². The van der Waals surface area contributed by atoms with E-state index in [2.05, 4.69) is 25.7 Å². The molecule has 0 heterocycles. The summed E-state index contributed by atoms with van der Waals surface area (Å²) in [5.74, 6) is 2.41. The van der Waals surface area contributed by atoms with Gasteiger partial charge in [0.2, 0.25) is 0 Å². The van der Waals surface area contributed by atoms with Crippen molar-refractivity contribution in [1.82, 2.24) is 5.32 Å². The van der Waals surface area contributed by atoms with Gasteiger partial charge in [0.25, 0.3) is 0 Å². The summed E-state index contributed by atoms with van der Waals surface area (Å²) in [5, 5.41) is 3.58. The SMILES string of the molecule is C=C(C)c1cc(C(=O)CC2CCC(CNC(CC(C)C)C(=O)OC3CCCC3)CC2)c(OCc2ccccc2)cc1OCc1ccccc1. The fourth-order valence-electron chi connectivity index (χ4n) is 7.13. The van der Waals surface area contributed by atoms with Crippen molar-refractivity contribution in [2.45, 2.75) is 110 Å². The first-order valence-corrected chi connectivity index (χ1v) is 18.4. The first-order valence-electron chi connectivity index (χ1n) is 18.4. The van der Waals surface area contributed by atoms with E-state index in [0.717, 1.165) is 86.6 Å². The van der Waals surface area contributed by atoms with E-state index in [-0.39, 0.29) is 23.9 Å². The Morgan fingerprint density at radius 1 is 0.776 bits per heavy atom. The van der Waals surface area contributed by atoms with Gasteiger partial charge in [0.1, 0.15) is 36.9 Å². The zero-order valence-corrected chi connectivity index (χ0v) is 29.8. The topological polar surface area (TPSA) is 73.9 Å². The van der Waals surface area contributed by atoms with Crippen molar-refractivity contribution in [2.75, 3.05) is 6.54 Å². The molecule has 0 radical (unpaired) electrons. The molecular weight excluding hydrogens is 610 g/mol. The van der Waals surface area contributed by atoms with Gasteiger partial charge in [0, 0.05) is 18.1 Å². The molecule has 262 valence electrons. The number of Topliss-reactive ketones (excluding diaryl/α,β-unsaturated/α-hetero) is 1. The second-order valence-corrected chi connectivity index (χ2v) is 14.6. The molecule has 2 saturated carbocycles. The van der Waals surface area contributed by atoms with Crippen molar-refractivity contribution in [2.24, 2.45) is 17.8 Å². The Morgan fingerprint density at radius 3 is 1.88 bits per heavy atom. The van der Waals surface area contributed by atoms with Gasteiger partial charge in [-0.15, -0.1) is 0 Å². The van der Waals surface area contributed by atoms with Gasteiger partial charge < -0.3 is 19.5 Å². The second kappa shape index (κ2) is 18.2. The summed E-state index contributed by atoms with van der Waals surface area (Å²) in [6.45, 7) is 12.0. The average Bonchev–Trinajstić information content (AvgIpc) is 3.62. The van der Waals surface area contributed by atoms with Gasteiger partial charge in [-0.2, -0.15) is 0 Å². The summed E-state index contributed by atoms with van der Waals surface area (Å²) in [6, 6.07) is 23.6. The van der Waals surface area contributed by atoms with Crippen LogP contribution in [-0.4, -0.2) is 30.4 Å². The van der Waals surface area contributed by atoms with Gasteiger partial charge in [0.15, 0.2) is 5.78 Å². The van der Waals surface area contributed by atoms with E-state index in [1.54, 1.807) is 0 Å². The summed E-state index contributed by atoms with van der Waals surface area (Å²) in [4.78, 5) is 27.0. The smallest absolute Gasteiger partial charge is 0.323 e. The number of allylic oxidation sites excluding steroid dienone is 1. The summed E-state index contributed by atoms with van der Waals surface area (Å²) in [5.41, 5.74) is 4.34. The van der Waals surface area contributed by atoms with Crippen LogP contribution >= 0.6 is 0 Å². The second-order valence-electron chi connectivity index (χ2n) is 14.6. The Hall–Kier alpha value is -3.90. The quantitative estimate of drug-likeness (QED) is 0.114. The molecule has 0 aliphatic heterocycles. The minimum atomic E-state index is -0.253. The normalized spacial score (nSPS) is 18.6. The van der Waals surface area contributed by atoms with Gasteiger partial charge in [-0.3, -0.25) is 9.59 Å². The Labute approximate surface area is 293 Å². The molecule has 5 rings (SSSR count). The van der Waals surface area contributed by atoms with Crippen LogP contribution in [0.1, 0.15) is 112 Å². The van der Waals surface area contributed by atoms with Crippen molar-refractivity contribution in [3.05, 3.63) is 102 Å². The highest BCUT2D eigenvalue weighted by molar-refractivity contribution is 6.00. The molecule has 0 spiro atoms. The molecule has 3 aromatic carbocycles. The lowest BCUT2D eigenvalue weighted by Crippen LogP contribution is -2.43. The predicted molar refractivity (Wildman–Crippen MR) is 197 cm³/mol. The number of hydrogen-bond donors (Lipinski definition) is 1. The third-order valence-electron chi connectivity index (χ3n) is 9.99. The highest BCUT2D eigenvalue weighted by Crippen LogP contribution is 2.37. The van der Waals surface area contributed by atoms with Crippen molar-refractivity contribution < 1.29 is 23.8 Å². The average molecular weight is 666 g/mol. The maximum Gasteiger partial charge on any atom is 0.323 e. The molecule has 1 atom stereocenters. The van der Waals surface area contributed by atoms with Crippen molar-refractivity contribution >= 4 is 17.3 Å². The van der Waals surface area contributed by atoms with Crippen LogP contribution in [0.5, 0.6) is 11.5 Å². The van der Waals surface area contributed by atoms with Crippen LogP contribution in [0.2, 0.25) is 0 Å². The Balaban J connectivity index is 1.22. The van der Waals surface area contributed by atoms with Crippen LogP contribution in [0.25, 0.3) is 5.57 Å². The maximum atomic E-state index is 14.0. The predicted octanol–water partition coefficient (Wildman–Crippen LogP) is 9.75. The number of ether oxygens (including phenoxy) is 3. The molecule has 0 amide bonds. The Bertz CT molecular complexity index is 1500. The molecule has 0 bridgehead atoms. The van der Waals surface area contributed by atoms with Crippen LogP contribution in [0.4, 0.5) is 0 Å². The number of esters is 1. The number of nitrogens with one attached hydrogen (secondary N) is 1. The molecule has 2 aliphatic rings. The van der Waals surface area contributed by atoms with Crippen LogP contribution in [-0.2, 0) is 22.7 Å². The molecule has 0 saturated heterocycles. The lowest BCUT2D eigenvalue weighted by Gasteiger charge is -2.30. The lowest BCUT2D eigenvalue weighted by atomic mass is 9.79. The number of benzene rings is 3. The van der Waals surface area contributed by atoms with Crippen LogP contribution < -0.4 is 14.8 Å². The minimum absolute atomic E-state index is 0.0872. The molecule has 49 heavy (non-hydrogen) atoms. The standard InChI is InChI=1S/C43H55NO5/c1-30(2)23-39(43(46)49-36-17-11-12-18-36)44-27-33-21-19-32(20-22-33)24-40(45)38-25-37(31(3)4)41(47-28-34-13-7-5-8-14-34)26-42(38)48-29-35-15-9-6-10-16-35/h5-10,13-16,25-26,30,32-33,36,39,44H,3,11-12,17-24,27-29H2,1-2,4H3. The third-order valence-corrected chi connectivity index (χ3v) is 9.99. The molecule has 3 aromatic rings. The molecule has 6 heteroatoms. The first kappa shape index (κ1) is 36.4. The molecule has 2 fully saturated rings. The molecule has 1 N–H and O–H groups in total. The zero-order valence-electron chi connectivity index (χ0n) is 29.8. The molecule has 1 unspecified atom stereocenters. The summed E-state index contributed by atoms with van der Waals surface area (Å²) in [7, 11) is 0. The van der Waals surface area contributed by atoms with E-state index in [0.29, 0.717) is 54.5 Å². The zero-order chi connectivity index (χ0) is 34.6. The monoisotopic (exact) mass is 665 g/mol. The van der Waals surface area contributed by atoms with Gasteiger partial charge in [-0.1, -0.05) is 81.1 Å². The number of hydrogen-bond acceptors (Lipinski definition) is 6. The number of rotatable bonds is 17. The van der Waals surface area contributed by atoms with Gasteiger partial charge in [-0.05, 0) is 112 Å². The summed E-state index contributed by atoms with van der Waals surface area (Å²) >= 11 is 0. The molecule has 2 aliphatic carbocycles. The fraction of sp³-hybridized carbons (Fsp3) is 0.488. The highest BCUT2D eigenvalue weighted by Gasteiger charge is 2.29. The molecular formula is C43H55NO5. The maximum absolute atomic E-state index is 14.0. The number of carbonyl (C=O) groups is 2. The van der Waals surface area contributed by atoms with Gasteiger partial charge in [0.05, 0.1) is 5.56 Å². The molecule has 6 nitrogen and oxygen atoms in total. The van der Waals surface area contributed by atoms with Crippen molar-refractivity contribution in [3.8, 4) is 11.5 Å². The Morgan fingerprint density at radius 2 is 1.33 bits per heavy atom. The fourth-order valence-corrected chi connectivity index (χ4v) is 7.13. The van der Waals surface area contributed by atoms with E-state index in [1.165, 1.54) is 0 Å². The summed E-state index contributed by atoms with van der Waals surface area (Å²) < 4.78 is 18.5. The van der Waals surface area contributed by atoms with Crippen molar-refractivity contribution in [3.63, 3.8) is 0 Å². The van der Waals surface area contributed by atoms with Gasteiger partial charge >= 0.3 is 5.97 Å². The largest absolute Gasteiger partial charge is 0.488 e. The minimum Gasteiger partial charge on any atom is -0.488 e. The van der Waals surface area contributed by atoms with Crippen LogP contribution in [0.3, 0.4) is 0 Å². The van der Waals surface area contributed by atoms with E-state index < -0.39 is 0 Å².